The summed E-state index contributed by atoms with van der Waals surface area (Å²) >= 11 is 7.69. The molecule has 0 aliphatic carbocycles. The molecule has 1 aromatic carbocycles. The summed E-state index contributed by atoms with van der Waals surface area (Å²) in [6, 6.07) is 9.50. The number of aliphatic hydroxyl groups is 1. The van der Waals surface area contributed by atoms with E-state index in [1.807, 2.05) is 23.6 Å². The highest BCUT2D eigenvalue weighted by atomic mass is 35.5. The molecule has 0 aliphatic heterocycles. The van der Waals surface area contributed by atoms with Gasteiger partial charge in [0, 0.05) is 21.9 Å². The third-order valence-electron chi connectivity index (χ3n) is 2.42. The third-order valence-corrected chi connectivity index (χ3v) is 3.71. The van der Waals surface area contributed by atoms with Crippen molar-refractivity contribution in [1.82, 2.24) is 0 Å². The molecule has 0 fully saturated rings. The van der Waals surface area contributed by atoms with Crippen LogP contribution in [0.25, 0.3) is 0 Å². The summed E-state index contributed by atoms with van der Waals surface area (Å²) in [4.78, 5) is 1.29. The van der Waals surface area contributed by atoms with E-state index in [1.54, 1.807) is 17.4 Å². The standard InChI is InChI=1S/C13H13ClO2S/c14-12-4-1-5-13(11(12)9-15)16-7-6-10-3-2-8-17-10/h1-5,8,15H,6-7,9H2. The Labute approximate surface area is 109 Å². The predicted molar refractivity (Wildman–Crippen MR) is 70.9 cm³/mol. The van der Waals surface area contributed by atoms with Gasteiger partial charge in [-0.05, 0) is 23.6 Å². The van der Waals surface area contributed by atoms with Crippen molar-refractivity contribution in [3.05, 3.63) is 51.2 Å². The summed E-state index contributed by atoms with van der Waals surface area (Å²) in [5, 5.41) is 11.8. The van der Waals surface area contributed by atoms with E-state index in [2.05, 4.69) is 6.07 Å². The molecule has 1 aromatic heterocycles. The number of hydrogen-bond acceptors (Lipinski definition) is 3. The first-order chi connectivity index (χ1) is 8.31. The minimum Gasteiger partial charge on any atom is -0.493 e. The topological polar surface area (TPSA) is 29.5 Å². The normalized spacial score (nSPS) is 10.5. The molecule has 2 rings (SSSR count). The number of benzene rings is 1. The van der Waals surface area contributed by atoms with Crippen LogP contribution in [0.3, 0.4) is 0 Å². The fraction of sp³-hybridized carbons (Fsp3) is 0.231. The van der Waals surface area contributed by atoms with E-state index in [9.17, 15) is 5.11 Å². The molecule has 0 aliphatic rings. The molecule has 17 heavy (non-hydrogen) atoms. The predicted octanol–water partition coefficient (Wildman–Crippen LogP) is 3.52. The van der Waals surface area contributed by atoms with Crippen LogP contribution in [0.1, 0.15) is 10.4 Å². The van der Waals surface area contributed by atoms with Gasteiger partial charge in [-0.1, -0.05) is 23.7 Å². The summed E-state index contributed by atoms with van der Waals surface area (Å²) in [5.74, 6) is 0.663. The molecule has 0 radical (unpaired) electrons. The zero-order valence-electron chi connectivity index (χ0n) is 9.23. The lowest BCUT2D eigenvalue weighted by Crippen LogP contribution is -2.02. The first-order valence-corrected chi connectivity index (χ1v) is 6.60. The van der Waals surface area contributed by atoms with E-state index in [0.29, 0.717) is 22.9 Å². The van der Waals surface area contributed by atoms with Crippen molar-refractivity contribution in [2.75, 3.05) is 6.61 Å². The average Bonchev–Trinajstić information content (AvgIpc) is 2.82. The van der Waals surface area contributed by atoms with Gasteiger partial charge in [0.1, 0.15) is 5.75 Å². The van der Waals surface area contributed by atoms with E-state index in [4.69, 9.17) is 16.3 Å². The van der Waals surface area contributed by atoms with Gasteiger partial charge >= 0.3 is 0 Å². The van der Waals surface area contributed by atoms with Gasteiger partial charge in [-0.25, -0.2) is 0 Å². The van der Waals surface area contributed by atoms with Gasteiger partial charge in [-0.15, -0.1) is 11.3 Å². The van der Waals surface area contributed by atoms with Crippen LogP contribution in [-0.2, 0) is 13.0 Å². The van der Waals surface area contributed by atoms with Crippen LogP contribution >= 0.6 is 22.9 Å². The van der Waals surface area contributed by atoms with E-state index in [0.717, 1.165) is 6.42 Å². The molecule has 0 bridgehead atoms. The van der Waals surface area contributed by atoms with Gasteiger partial charge in [0.25, 0.3) is 0 Å². The largest absolute Gasteiger partial charge is 0.493 e. The van der Waals surface area contributed by atoms with Gasteiger partial charge in [0.2, 0.25) is 0 Å². The summed E-state index contributed by atoms with van der Waals surface area (Å²) in [6.07, 6.45) is 0.870. The highest BCUT2D eigenvalue weighted by molar-refractivity contribution is 7.09. The van der Waals surface area contributed by atoms with Crippen LogP contribution in [0.5, 0.6) is 5.75 Å². The van der Waals surface area contributed by atoms with Crippen molar-refractivity contribution in [2.24, 2.45) is 0 Å². The first kappa shape index (κ1) is 12.4. The second kappa shape index (κ2) is 6.05. The molecule has 0 spiro atoms. The molecule has 1 heterocycles. The van der Waals surface area contributed by atoms with E-state index < -0.39 is 0 Å². The fourth-order valence-electron chi connectivity index (χ4n) is 1.54. The van der Waals surface area contributed by atoms with Crippen molar-refractivity contribution >= 4 is 22.9 Å². The molecule has 0 amide bonds. The highest BCUT2D eigenvalue weighted by Crippen LogP contribution is 2.26. The van der Waals surface area contributed by atoms with Gasteiger partial charge in [0.15, 0.2) is 0 Å². The van der Waals surface area contributed by atoms with Crippen LogP contribution in [-0.4, -0.2) is 11.7 Å². The molecule has 0 atom stereocenters. The molecule has 4 heteroatoms. The number of rotatable bonds is 5. The summed E-state index contributed by atoms with van der Waals surface area (Å²) in [6.45, 7) is 0.488. The van der Waals surface area contributed by atoms with Gasteiger partial charge in [0.05, 0.1) is 13.2 Å². The first-order valence-electron chi connectivity index (χ1n) is 5.34. The van der Waals surface area contributed by atoms with Crippen LogP contribution in [0.15, 0.2) is 35.7 Å². The Kier molecular flexibility index (Phi) is 4.42. The maximum absolute atomic E-state index is 9.22. The van der Waals surface area contributed by atoms with Crippen molar-refractivity contribution in [1.29, 1.82) is 0 Å². The van der Waals surface area contributed by atoms with Crippen LogP contribution in [0, 0.1) is 0 Å². The van der Waals surface area contributed by atoms with Gasteiger partial charge in [-0.2, -0.15) is 0 Å². The Balaban J connectivity index is 1.97. The zero-order valence-corrected chi connectivity index (χ0v) is 10.8. The SMILES string of the molecule is OCc1c(Cl)cccc1OCCc1cccs1. The number of aliphatic hydroxyl groups excluding tert-OH is 1. The van der Waals surface area contributed by atoms with Crippen molar-refractivity contribution < 1.29 is 9.84 Å². The van der Waals surface area contributed by atoms with Crippen molar-refractivity contribution in [2.45, 2.75) is 13.0 Å². The molecular formula is C13H13ClO2S. The Morgan fingerprint density at radius 2 is 2.12 bits per heavy atom. The van der Waals surface area contributed by atoms with Crippen molar-refractivity contribution in [3.8, 4) is 5.75 Å². The minimum atomic E-state index is -0.103. The van der Waals surface area contributed by atoms with Gasteiger partial charge in [-0.3, -0.25) is 0 Å². The second-order valence-corrected chi connectivity index (χ2v) is 4.99. The lowest BCUT2D eigenvalue weighted by molar-refractivity contribution is 0.264. The minimum absolute atomic E-state index is 0.103. The third kappa shape index (κ3) is 3.22. The Bertz CT molecular complexity index is 468. The highest BCUT2D eigenvalue weighted by Gasteiger charge is 2.06. The lowest BCUT2D eigenvalue weighted by Gasteiger charge is -2.10. The summed E-state index contributed by atoms with van der Waals surface area (Å²) in [7, 11) is 0. The molecule has 0 saturated carbocycles. The second-order valence-electron chi connectivity index (χ2n) is 3.55. The maximum atomic E-state index is 9.22. The quantitative estimate of drug-likeness (QED) is 0.899. The lowest BCUT2D eigenvalue weighted by atomic mass is 10.2. The van der Waals surface area contributed by atoms with Crippen molar-refractivity contribution in [3.63, 3.8) is 0 Å². The number of ether oxygens (including phenoxy) is 1. The van der Waals surface area contributed by atoms with E-state index in [-0.39, 0.29) is 6.61 Å². The van der Waals surface area contributed by atoms with Crippen LogP contribution < -0.4 is 4.74 Å². The monoisotopic (exact) mass is 268 g/mol. The number of halogens is 1. The molecule has 0 saturated heterocycles. The molecule has 2 aromatic rings. The molecule has 90 valence electrons. The van der Waals surface area contributed by atoms with Crippen LogP contribution in [0.4, 0.5) is 0 Å². The summed E-state index contributed by atoms with van der Waals surface area (Å²) < 4.78 is 5.64. The fourth-order valence-corrected chi connectivity index (χ4v) is 2.46. The summed E-state index contributed by atoms with van der Waals surface area (Å²) in [5.41, 5.74) is 0.653. The Hall–Kier alpha value is -1.03. The van der Waals surface area contributed by atoms with Crippen LogP contribution in [0.2, 0.25) is 5.02 Å². The van der Waals surface area contributed by atoms with Gasteiger partial charge < -0.3 is 9.84 Å². The molecule has 2 nitrogen and oxygen atoms in total. The number of thiophene rings is 1. The number of hydrogen-bond donors (Lipinski definition) is 1. The smallest absolute Gasteiger partial charge is 0.126 e. The maximum Gasteiger partial charge on any atom is 0.126 e. The molecule has 1 N–H and O–H groups in total. The van der Waals surface area contributed by atoms with E-state index >= 15 is 0 Å². The molecule has 0 unspecified atom stereocenters. The average molecular weight is 269 g/mol. The molecular weight excluding hydrogens is 256 g/mol. The Morgan fingerprint density at radius 3 is 2.82 bits per heavy atom. The Morgan fingerprint density at radius 1 is 1.24 bits per heavy atom. The van der Waals surface area contributed by atoms with E-state index in [1.165, 1.54) is 4.88 Å². The zero-order chi connectivity index (χ0) is 12.1.